The van der Waals surface area contributed by atoms with Gasteiger partial charge in [0.25, 0.3) is 0 Å². The van der Waals surface area contributed by atoms with Crippen molar-refractivity contribution in [2.75, 3.05) is 28.4 Å². The number of hydrogen-bond acceptors (Lipinski definition) is 6. The Balaban J connectivity index is 2.61. The van der Waals surface area contributed by atoms with Crippen molar-refractivity contribution in [3.8, 4) is 23.0 Å². The molecule has 0 spiro atoms. The van der Waals surface area contributed by atoms with Gasteiger partial charge in [-0.05, 0) is 0 Å². The summed E-state index contributed by atoms with van der Waals surface area (Å²) in [5.41, 5.74) is -25.9. The largest absolute Gasteiger partial charge is 0.491 e. The Morgan fingerprint density at radius 3 is 0.481 bits per heavy atom. The molecule has 0 aromatic heterocycles. The Bertz CT molecular complexity index is 1750. The molecule has 0 amide bonds. The van der Waals surface area contributed by atoms with Crippen LogP contribution in [0, 0.1) is 93.1 Å². The fourth-order valence-corrected chi connectivity index (χ4v) is 5.41. The van der Waals surface area contributed by atoms with Crippen LogP contribution in [-0.2, 0) is 11.2 Å². The molecule has 0 atom stereocenters. The van der Waals surface area contributed by atoms with E-state index in [9.17, 15) is 10.2 Å². The van der Waals surface area contributed by atoms with E-state index >= 15 is 70.2 Å². The molecular weight excluding hydrogens is 760 g/mol. The molecule has 0 aliphatic heterocycles. The van der Waals surface area contributed by atoms with Crippen LogP contribution in [0.1, 0.15) is 22.3 Å². The number of hydrogen-bond donors (Lipinski definition) is 2. The van der Waals surface area contributed by atoms with Crippen LogP contribution in [0.25, 0.3) is 0 Å². The Morgan fingerprint density at radius 2 is 0.385 bits per heavy atom. The highest BCUT2D eigenvalue weighted by Gasteiger charge is 2.66. The Morgan fingerprint density at radius 1 is 0.269 bits per heavy atom. The first-order chi connectivity index (χ1) is 24.1. The first-order valence-electron chi connectivity index (χ1n) is 13.2. The molecule has 0 aliphatic rings. The maximum atomic E-state index is 15.9. The van der Waals surface area contributed by atoms with Crippen LogP contribution in [-0.4, -0.2) is 38.7 Å². The van der Waals surface area contributed by atoms with Crippen molar-refractivity contribution in [1.82, 2.24) is 0 Å². The van der Waals surface area contributed by atoms with Crippen LogP contribution >= 0.6 is 0 Å². The van der Waals surface area contributed by atoms with Crippen molar-refractivity contribution in [3.63, 3.8) is 0 Å². The molecule has 0 saturated heterocycles. The second-order valence-electron chi connectivity index (χ2n) is 10.1. The summed E-state index contributed by atoms with van der Waals surface area (Å²) in [5.74, 6) is -59.6. The maximum Gasteiger partial charge on any atom is 0.204 e. The smallest absolute Gasteiger partial charge is 0.204 e. The van der Waals surface area contributed by atoms with E-state index in [1.807, 2.05) is 0 Å². The highest BCUT2D eigenvalue weighted by molar-refractivity contribution is 5.57. The van der Waals surface area contributed by atoms with Gasteiger partial charge in [0.1, 0.15) is 0 Å². The van der Waals surface area contributed by atoms with Crippen molar-refractivity contribution < 1.29 is 99.4 Å². The highest BCUT2D eigenvalue weighted by atomic mass is 19.2. The third-order valence-corrected chi connectivity index (χ3v) is 7.68. The van der Waals surface area contributed by atoms with Gasteiger partial charge in [0.2, 0.25) is 46.5 Å². The van der Waals surface area contributed by atoms with E-state index in [0.717, 1.165) is 0 Å². The number of rotatable bonds is 9. The topological polar surface area (TPSA) is 77.4 Å². The highest BCUT2D eigenvalue weighted by Crippen LogP contribution is 2.58. The Kier molecular flexibility index (Phi) is 10.3. The standard InChI is InChI=1S/C30H14F16O6/c1-49-25-17(39)9(31)5(10(32)18(25)40)29(47,6-11(33)19(41)26(50-2)20(42)12(6)34)30(48,7-13(35)21(43)27(51-3)22(44)14(7)36)8-15(37)23(45)28(52-4)24(46)16(8)38/h47-48H,1-4H3. The van der Waals surface area contributed by atoms with E-state index in [-0.39, 0.29) is 28.4 Å². The van der Waals surface area contributed by atoms with Crippen molar-refractivity contribution in [3.05, 3.63) is 115 Å². The average Bonchev–Trinajstić information content (AvgIpc) is 3.09. The minimum Gasteiger partial charge on any atom is -0.491 e. The summed E-state index contributed by atoms with van der Waals surface area (Å²) in [6.45, 7) is 0. The van der Waals surface area contributed by atoms with Gasteiger partial charge in [0.05, 0.1) is 50.7 Å². The molecule has 0 radical (unpaired) electrons. The second kappa shape index (κ2) is 13.5. The van der Waals surface area contributed by atoms with Crippen LogP contribution in [0.15, 0.2) is 0 Å². The molecule has 0 fully saturated rings. The fourth-order valence-electron chi connectivity index (χ4n) is 5.41. The van der Waals surface area contributed by atoms with Gasteiger partial charge in [0.15, 0.2) is 80.7 Å². The Labute approximate surface area is 277 Å². The summed E-state index contributed by atoms with van der Waals surface area (Å²) in [6, 6.07) is 0. The molecule has 282 valence electrons. The molecule has 4 rings (SSSR count). The first-order valence-corrected chi connectivity index (χ1v) is 13.2. The van der Waals surface area contributed by atoms with Crippen LogP contribution in [0.5, 0.6) is 23.0 Å². The zero-order chi connectivity index (χ0) is 39.7. The van der Waals surface area contributed by atoms with Crippen molar-refractivity contribution >= 4 is 0 Å². The third kappa shape index (κ3) is 4.97. The van der Waals surface area contributed by atoms with E-state index in [4.69, 9.17) is 0 Å². The number of methoxy groups -OCH3 is 4. The summed E-state index contributed by atoms with van der Waals surface area (Å²) < 4.78 is 265. The van der Waals surface area contributed by atoms with Gasteiger partial charge in [-0.1, -0.05) is 0 Å². The lowest BCUT2D eigenvalue weighted by atomic mass is 9.64. The zero-order valence-electron chi connectivity index (χ0n) is 25.6. The Hall–Kier alpha value is -5.12. The summed E-state index contributed by atoms with van der Waals surface area (Å²) in [4.78, 5) is 0. The fraction of sp³-hybridized carbons (Fsp3) is 0.200. The molecule has 22 heteroatoms. The summed E-state index contributed by atoms with van der Waals surface area (Å²) in [7, 11) is 1.16. The lowest BCUT2D eigenvalue weighted by molar-refractivity contribution is -0.128. The molecule has 52 heavy (non-hydrogen) atoms. The van der Waals surface area contributed by atoms with E-state index in [0.29, 0.717) is 0 Å². The van der Waals surface area contributed by atoms with Crippen LogP contribution in [0.2, 0.25) is 0 Å². The monoisotopic (exact) mass is 774 g/mol. The predicted molar refractivity (Wildman–Crippen MR) is 137 cm³/mol. The first kappa shape index (κ1) is 39.7. The van der Waals surface area contributed by atoms with E-state index in [1.54, 1.807) is 0 Å². The van der Waals surface area contributed by atoms with Gasteiger partial charge in [0, 0.05) is 0 Å². The minimum atomic E-state index is -6.15. The molecule has 0 heterocycles. The summed E-state index contributed by atoms with van der Waals surface area (Å²) in [6.07, 6.45) is 0. The average molecular weight is 774 g/mol. The SMILES string of the molecule is COc1c(F)c(F)c(C(O)(c2c(F)c(F)c(OC)c(F)c2F)C(O)(c2c(F)c(F)c(OC)c(F)c2F)c2c(F)c(F)c(OC)c(F)c2F)c(F)c1F. The van der Waals surface area contributed by atoms with Gasteiger partial charge < -0.3 is 29.2 Å². The van der Waals surface area contributed by atoms with Gasteiger partial charge >= 0.3 is 0 Å². The maximum absolute atomic E-state index is 15.9. The van der Waals surface area contributed by atoms with Crippen LogP contribution in [0.4, 0.5) is 70.2 Å². The minimum absolute atomic E-state index is 0.289. The summed E-state index contributed by atoms with van der Waals surface area (Å²) >= 11 is 0. The zero-order valence-corrected chi connectivity index (χ0v) is 25.6. The summed E-state index contributed by atoms with van der Waals surface area (Å²) in [5, 5.41) is 24.1. The van der Waals surface area contributed by atoms with Crippen molar-refractivity contribution in [2.24, 2.45) is 0 Å². The lowest BCUT2D eigenvalue weighted by Crippen LogP contribution is -2.56. The number of halogens is 16. The molecule has 0 saturated carbocycles. The van der Waals surface area contributed by atoms with E-state index in [2.05, 4.69) is 18.9 Å². The van der Waals surface area contributed by atoms with Gasteiger partial charge in [-0.25, -0.2) is 35.1 Å². The number of benzene rings is 4. The normalized spacial score (nSPS) is 12.0. The van der Waals surface area contributed by atoms with Gasteiger partial charge in [-0.15, -0.1) is 0 Å². The second-order valence-corrected chi connectivity index (χ2v) is 10.1. The van der Waals surface area contributed by atoms with Gasteiger partial charge in [-0.3, -0.25) is 0 Å². The van der Waals surface area contributed by atoms with Crippen molar-refractivity contribution in [1.29, 1.82) is 0 Å². The molecule has 2 N–H and O–H groups in total. The predicted octanol–water partition coefficient (Wildman–Crippen LogP) is 7.12. The molecule has 6 nitrogen and oxygen atoms in total. The van der Waals surface area contributed by atoms with E-state index < -0.39 is 150 Å². The number of aliphatic hydroxyl groups is 2. The molecule has 0 aliphatic carbocycles. The van der Waals surface area contributed by atoms with Crippen LogP contribution < -0.4 is 18.9 Å². The molecule has 4 aromatic rings. The molecule has 4 aromatic carbocycles. The quantitative estimate of drug-likeness (QED) is 0.140. The van der Waals surface area contributed by atoms with Gasteiger partial charge in [-0.2, -0.15) is 35.1 Å². The van der Waals surface area contributed by atoms with Crippen LogP contribution in [0.3, 0.4) is 0 Å². The number of ether oxygens (including phenoxy) is 4. The van der Waals surface area contributed by atoms with Crippen molar-refractivity contribution in [2.45, 2.75) is 11.2 Å². The molecular formula is C30H14F16O6. The molecule has 0 unspecified atom stereocenters. The lowest BCUT2D eigenvalue weighted by Gasteiger charge is -2.45. The van der Waals surface area contributed by atoms with E-state index in [1.165, 1.54) is 0 Å². The third-order valence-electron chi connectivity index (χ3n) is 7.68. The molecule has 0 bridgehead atoms.